The lowest BCUT2D eigenvalue weighted by atomic mass is 10.3. The first-order chi connectivity index (χ1) is 5.37. The zero-order chi connectivity index (χ0) is 9.89. The third-order valence-corrected chi connectivity index (χ3v) is 1.57. The number of hydrogen-bond donors (Lipinski definition) is 0. The second-order valence-electron chi connectivity index (χ2n) is 3.05. The topological polar surface area (TPSA) is 26.8 Å². The molecule has 6 heteroatoms. The third-order valence-electron chi connectivity index (χ3n) is 1.57. The van der Waals surface area contributed by atoms with E-state index in [0.29, 0.717) is 5.82 Å². The molecule has 0 bridgehead atoms. The summed E-state index contributed by atoms with van der Waals surface area (Å²) >= 11 is 0. The molecular formula is C6H15B2N3O. The van der Waals surface area contributed by atoms with E-state index in [-0.39, 0.29) is 6.03 Å². The second kappa shape index (κ2) is 4.09. The van der Waals surface area contributed by atoms with Crippen LogP contribution in [-0.4, -0.2) is 57.7 Å². The minimum absolute atomic E-state index is 0.0753. The molecule has 12 heavy (non-hydrogen) atoms. The van der Waals surface area contributed by atoms with Gasteiger partial charge in [0.05, 0.1) is 5.82 Å². The molecule has 0 unspecified atom stereocenters. The van der Waals surface area contributed by atoms with Crippen LogP contribution in [-0.2, 0) is 0 Å². The summed E-state index contributed by atoms with van der Waals surface area (Å²) in [7, 11) is 8.82. The van der Waals surface area contributed by atoms with Crippen LogP contribution in [0.2, 0.25) is 0 Å². The van der Waals surface area contributed by atoms with Crippen molar-refractivity contribution in [2.75, 3.05) is 21.1 Å². The second-order valence-corrected chi connectivity index (χ2v) is 3.05. The maximum absolute atomic E-state index is 11.4. The lowest BCUT2D eigenvalue weighted by molar-refractivity contribution is 0.199. The summed E-state index contributed by atoms with van der Waals surface area (Å²) < 4.78 is 0. The van der Waals surface area contributed by atoms with Crippen LogP contribution in [0.1, 0.15) is 0 Å². The average Bonchev–Trinajstić information content (AvgIpc) is 2.00. The zero-order valence-electron chi connectivity index (χ0n) is 8.46. The van der Waals surface area contributed by atoms with E-state index in [1.807, 2.05) is 15.0 Å². The molecule has 0 spiro atoms. The Morgan fingerprint density at radius 3 is 1.83 bits per heavy atom. The molecule has 4 nitrogen and oxygen atoms in total. The van der Waals surface area contributed by atoms with Gasteiger partial charge in [-0.1, -0.05) is 6.58 Å². The number of carbonyl (C=O) groups excluding carboxylic acids is 1. The van der Waals surface area contributed by atoms with Gasteiger partial charge in [0.15, 0.2) is 0 Å². The Balaban J connectivity index is 4.30. The molecule has 0 aliphatic heterocycles. The summed E-state index contributed by atoms with van der Waals surface area (Å²) in [6.45, 7) is 3.76. The normalized spacial score (nSPS) is 8.92. The fourth-order valence-corrected chi connectivity index (χ4v) is 0.710. The number of rotatable bonds is 2. The molecule has 0 heterocycles. The molecule has 2 amide bonds. The molecule has 0 rings (SSSR count). The quantitative estimate of drug-likeness (QED) is 0.466. The Morgan fingerprint density at radius 1 is 1.17 bits per heavy atom. The van der Waals surface area contributed by atoms with Crippen molar-refractivity contribution in [2.24, 2.45) is 0 Å². The van der Waals surface area contributed by atoms with Gasteiger partial charge in [-0.3, -0.25) is 4.90 Å². The van der Waals surface area contributed by atoms with Crippen LogP contribution in [0.3, 0.4) is 0 Å². The van der Waals surface area contributed by atoms with Crippen molar-refractivity contribution < 1.29 is 4.79 Å². The molecule has 66 valence electrons. The highest BCUT2D eigenvalue weighted by molar-refractivity contribution is 6.13. The largest absolute Gasteiger partial charge is 0.412 e. The smallest absolute Gasteiger partial charge is 0.312 e. The van der Waals surface area contributed by atoms with Gasteiger partial charge in [0.25, 0.3) is 0 Å². The SMILES string of the molecule is BN(C)C(=C)N(C)C(=O)N(B)C. The molecule has 0 atom stereocenters. The molecule has 0 aromatic carbocycles. The molecule has 0 aliphatic rings. The van der Waals surface area contributed by atoms with Crippen LogP contribution < -0.4 is 0 Å². The van der Waals surface area contributed by atoms with Crippen LogP contribution in [0.15, 0.2) is 12.4 Å². The van der Waals surface area contributed by atoms with Gasteiger partial charge in [-0.25, -0.2) is 4.79 Å². The molecule has 0 saturated heterocycles. The van der Waals surface area contributed by atoms with Crippen molar-refractivity contribution in [3.05, 3.63) is 12.4 Å². The first-order valence-electron chi connectivity index (χ1n) is 3.69. The molecule has 0 aromatic rings. The lowest BCUT2D eigenvalue weighted by Crippen LogP contribution is -2.40. The molecule has 0 N–H and O–H groups in total. The molecule has 0 aliphatic carbocycles. The van der Waals surface area contributed by atoms with Gasteiger partial charge in [0, 0.05) is 7.05 Å². The summed E-state index contributed by atoms with van der Waals surface area (Å²) in [5.74, 6) is 0.675. The first kappa shape index (κ1) is 10.9. The molecule has 0 aromatic heterocycles. The van der Waals surface area contributed by atoms with Crippen LogP contribution in [0, 0.1) is 0 Å². The Hall–Kier alpha value is -1.06. The standard InChI is InChI=1S/C6H15B2N3O/c1-5(10(3)7)9(2)6(12)11(4)8/h1,7-8H2,2-4H3. The van der Waals surface area contributed by atoms with Crippen molar-refractivity contribution in [3.63, 3.8) is 0 Å². The highest BCUT2D eigenvalue weighted by Crippen LogP contribution is 2.02. The lowest BCUT2D eigenvalue weighted by Gasteiger charge is -2.28. The van der Waals surface area contributed by atoms with Crippen molar-refractivity contribution in [3.8, 4) is 0 Å². The number of urea groups is 1. The number of carbonyl (C=O) groups is 1. The van der Waals surface area contributed by atoms with Gasteiger partial charge in [0.1, 0.15) is 0 Å². The Kier molecular flexibility index (Phi) is 3.73. The van der Waals surface area contributed by atoms with E-state index in [9.17, 15) is 4.79 Å². The van der Waals surface area contributed by atoms with Crippen LogP contribution in [0.25, 0.3) is 0 Å². The van der Waals surface area contributed by atoms with Crippen molar-refractivity contribution in [2.45, 2.75) is 0 Å². The third kappa shape index (κ3) is 2.53. The van der Waals surface area contributed by atoms with Crippen molar-refractivity contribution in [1.82, 2.24) is 14.5 Å². The minimum Gasteiger partial charge on any atom is -0.412 e. The van der Waals surface area contributed by atoms with Crippen LogP contribution in [0.4, 0.5) is 4.79 Å². The van der Waals surface area contributed by atoms with Crippen molar-refractivity contribution >= 4 is 22.0 Å². The van der Waals surface area contributed by atoms with Crippen LogP contribution in [0.5, 0.6) is 0 Å². The van der Waals surface area contributed by atoms with Crippen LogP contribution >= 0.6 is 0 Å². The van der Waals surface area contributed by atoms with Gasteiger partial charge in [-0.2, -0.15) is 0 Å². The predicted octanol–water partition coefficient (Wildman–Crippen LogP) is -1.53. The summed E-state index contributed by atoms with van der Waals surface area (Å²) in [6, 6.07) is -0.0753. The van der Waals surface area contributed by atoms with Gasteiger partial charge < -0.3 is 9.62 Å². The van der Waals surface area contributed by atoms with Gasteiger partial charge in [0.2, 0.25) is 16.0 Å². The molecular weight excluding hydrogens is 152 g/mol. The van der Waals surface area contributed by atoms with E-state index in [1.54, 1.807) is 26.9 Å². The van der Waals surface area contributed by atoms with E-state index in [4.69, 9.17) is 0 Å². The maximum Gasteiger partial charge on any atom is 0.312 e. The predicted molar refractivity (Wildman–Crippen MR) is 54.9 cm³/mol. The summed E-state index contributed by atoms with van der Waals surface area (Å²) in [5.41, 5.74) is 0. The Morgan fingerprint density at radius 2 is 1.58 bits per heavy atom. The summed E-state index contributed by atoms with van der Waals surface area (Å²) in [4.78, 5) is 16.2. The molecule has 0 radical (unpaired) electrons. The molecule has 0 fully saturated rings. The number of hydrogen-bond acceptors (Lipinski definition) is 2. The Bertz CT molecular complexity index is 173. The summed E-state index contributed by atoms with van der Waals surface area (Å²) in [5, 5.41) is 0. The minimum atomic E-state index is -0.0753. The van der Waals surface area contributed by atoms with E-state index >= 15 is 0 Å². The highest BCUT2D eigenvalue weighted by Gasteiger charge is 2.13. The fourth-order valence-electron chi connectivity index (χ4n) is 0.710. The molecule has 0 saturated carbocycles. The van der Waals surface area contributed by atoms with E-state index in [1.165, 1.54) is 9.71 Å². The first-order valence-corrected chi connectivity index (χ1v) is 3.69. The van der Waals surface area contributed by atoms with Gasteiger partial charge >= 0.3 is 6.03 Å². The Labute approximate surface area is 75.7 Å². The van der Waals surface area contributed by atoms with Crippen molar-refractivity contribution in [1.29, 1.82) is 0 Å². The summed E-state index contributed by atoms with van der Waals surface area (Å²) in [6.07, 6.45) is 0. The van der Waals surface area contributed by atoms with E-state index in [0.717, 1.165) is 0 Å². The average molecular weight is 167 g/mol. The van der Waals surface area contributed by atoms with E-state index in [2.05, 4.69) is 6.58 Å². The maximum atomic E-state index is 11.4. The monoisotopic (exact) mass is 167 g/mol. The zero-order valence-corrected chi connectivity index (χ0v) is 8.46. The number of amides is 2. The van der Waals surface area contributed by atoms with E-state index < -0.39 is 0 Å². The fraction of sp³-hybridized carbons (Fsp3) is 0.500. The highest BCUT2D eigenvalue weighted by atomic mass is 16.2. The van der Waals surface area contributed by atoms with Gasteiger partial charge in [-0.05, 0) is 14.1 Å². The van der Waals surface area contributed by atoms with Gasteiger partial charge in [-0.15, -0.1) is 0 Å². The number of nitrogens with zero attached hydrogens (tertiary/aromatic N) is 3.